The van der Waals surface area contributed by atoms with E-state index in [-0.39, 0.29) is 23.4 Å². The smallest absolute Gasteiger partial charge is 0.462 e. The lowest BCUT2D eigenvalue weighted by Gasteiger charge is -2.11. The zero-order valence-corrected chi connectivity index (χ0v) is 14.5. The molecule has 0 radical (unpaired) electrons. The molecule has 11 heteroatoms. The van der Waals surface area contributed by atoms with Gasteiger partial charge in [0.1, 0.15) is 6.07 Å². The monoisotopic (exact) mass is 400 g/mol. The lowest BCUT2D eigenvalue weighted by atomic mass is 10.1. The number of hydrogen-bond donors (Lipinski definition) is 0. The molecule has 0 saturated carbocycles. The van der Waals surface area contributed by atoms with Crippen LogP contribution in [0.1, 0.15) is 22.8 Å². The Bertz CT molecular complexity index is 1010. The summed E-state index contributed by atoms with van der Waals surface area (Å²) in [6.07, 6.45) is 1.31. The minimum atomic E-state index is -5.91. The Kier molecular flexibility index (Phi) is 5.70. The van der Waals surface area contributed by atoms with E-state index in [1.54, 1.807) is 13.0 Å². The number of esters is 1. The molecule has 1 aromatic heterocycles. The third-order valence-electron chi connectivity index (χ3n) is 3.15. The fraction of sp³-hybridized carbons (Fsp3) is 0.188. The molecule has 1 aromatic carbocycles. The van der Waals surface area contributed by atoms with Crippen LogP contribution < -0.4 is 4.18 Å². The van der Waals surface area contributed by atoms with Gasteiger partial charge in [-0.15, -0.1) is 0 Å². The van der Waals surface area contributed by atoms with Crippen molar-refractivity contribution in [3.05, 3.63) is 47.7 Å². The number of aromatic nitrogens is 1. The summed E-state index contributed by atoms with van der Waals surface area (Å²) < 4.78 is 68.4. The predicted molar refractivity (Wildman–Crippen MR) is 85.9 cm³/mol. The molecule has 0 aliphatic rings. The van der Waals surface area contributed by atoms with Crippen LogP contribution >= 0.6 is 0 Å². The molecular weight excluding hydrogens is 389 g/mol. The molecule has 0 saturated heterocycles. The van der Waals surface area contributed by atoms with Gasteiger partial charge in [-0.05, 0) is 37.3 Å². The van der Waals surface area contributed by atoms with E-state index in [4.69, 9.17) is 10.00 Å². The average Bonchev–Trinajstić information content (AvgIpc) is 2.61. The van der Waals surface area contributed by atoms with Gasteiger partial charge in [-0.1, -0.05) is 0 Å². The zero-order chi connectivity index (χ0) is 20.2. The largest absolute Gasteiger partial charge is 0.534 e. The van der Waals surface area contributed by atoms with Crippen LogP contribution in [0.25, 0.3) is 11.3 Å². The van der Waals surface area contributed by atoms with Crippen molar-refractivity contribution in [1.82, 2.24) is 4.98 Å². The van der Waals surface area contributed by atoms with Crippen molar-refractivity contribution in [3.63, 3.8) is 0 Å². The minimum absolute atomic E-state index is 0.161. The zero-order valence-electron chi connectivity index (χ0n) is 13.6. The maximum absolute atomic E-state index is 12.4. The van der Waals surface area contributed by atoms with E-state index in [0.29, 0.717) is 0 Å². The number of nitriles is 1. The standard InChI is InChI=1S/C16H11F3N2O5S/c1-2-25-15(22)11-5-6-21-13(8-11)10-3-4-14(12(7-10)9-20)26-27(23,24)16(17,18)19/h3-8H,2H2,1H3. The second-order valence-corrected chi connectivity index (χ2v) is 6.49. The number of halogens is 3. The van der Waals surface area contributed by atoms with Crippen LogP contribution in [-0.4, -0.2) is 31.5 Å². The first-order chi connectivity index (χ1) is 12.6. The summed E-state index contributed by atoms with van der Waals surface area (Å²) in [6.45, 7) is 1.79. The van der Waals surface area contributed by atoms with Gasteiger partial charge in [-0.25, -0.2) is 4.79 Å². The highest BCUT2D eigenvalue weighted by Crippen LogP contribution is 2.31. The van der Waals surface area contributed by atoms with Gasteiger partial charge in [-0.2, -0.15) is 26.9 Å². The molecule has 142 valence electrons. The van der Waals surface area contributed by atoms with Crippen molar-refractivity contribution in [1.29, 1.82) is 5.26 Å². The molecule has 1 heterocycles. The number of nitrogens with zero attached hydrogens (tertiary/aromatic N) is 2. The molecule has 0 aliphatic carbocycles. The van der Waals surface area contributed by atoms with Crippen LogP contribution in [0.3, 0.4) is 0 Å². The van der Waals surface area contributed by atoms with Crippen LogP contribution in [0.2, 0.25) is 0 Å². The van der Waals surface area contributed by atoms with Crippen molar-refractivity contribution in [2.75, 3.05) is 6.61 Å². The Morgan fingerprint density at radius 3 is 2.56 bits per heavy atom. The van der Waals surface area contributed by atoms with Gasteiger partial charge in [-0.3, -0.25) is 4.98 Å². The summed E-state index contributed by atoms with van der Waals surface area (Å²) in [5, 5.41) is 9.10. The minimum Gasteiger partial charge on any atom is -0.462 e. The molecule has 2 rings (SSSR count). The lowest BCUT2D eigenvalue weighted by Crippen LogP contribution is -2.28. The maximum Gasteiger partial charge on any atom is 0.534 e. The maximum atomic E-state index is 12.4. The molecule has 27 heavy (non-hydrogen) atoms. The molecular formula is C16H11F3N2O5S. The normalized spacial score (nSPS) is 11.5. The highest BCUT2D eigenvalue weighted by Gasteiger charge is 2.48. The van der Waals surface area contributed by atoms with Gasteiger partial charge in [0, 0.05) is 11.8 Å². The molecule has 0 fully saturated rings. The average molecular weight is 400 g/mol. The molecule has 7 nitrogen and oxygen atoms in total. The van der Waals surface area contributed by atoms with Crippen molar-refractivity contribution < 1.29 is 35.3 Å². The number of benzene rings is 1. The molecule has 0 bridgehead atoms. The molecule has 0 N–H and O–H groups in total. The molecule has 0 aliphatic heterocycles. The molecule has 2 aromatic rings. The van der Waals surface area contributed by atoms with Gasteiger partial charge in [0.25, 0.3) is 0 Å². The van der Waals surface area contributed by atoms with Crippen LogP contribution in [0, 0.1) is 11.3 Å². The molecule has 0 spiro atoms. The number of hydrogen-bond acceptors (Lipinski definition) is 7. The highest BCUT2D eigenvalue weighted by molar-refractivity contribution is 7.88. The van der Waals surface area contributed by atoms with E-state index in [1.165, 1.54) is 24.4 Å². The number of carbonyl (C=O) groups is 1. The van der Waals surface area contributed by atoms with E-state index in [0.717, 1.165) is 12.1 Å². The quantitative estimate of drug-likeness (QED) is 0.431. The highest BCUT2D eigenvalue weighted by atomic mass is 32.2. The third-order valence-corrected chi connectivity index (χ3v) is 4.12. The SMILES string of the molecule is CCOC(=O)c1ccnc(-c2ccc(OS(=O)(=O)C(F)(F)F)c(C#N)c2)c1. The van der Waals surface area contributed by atoms with Crippen molar-refractivity contribution in [3.8, 4) is 23.1 Å². The first-order valence-electron chi connectivity index (χ1n) is 7.27. The summed E-state index contributed by atoms with van der Waals surface area (Å²) in [6, 6.07) is 7.53. The van der Waals surface area contributed by atoms with Gasteiger partial charge in [0.15, 0.2) is 5.75 Å². The van der Waals surface area contributed by atoms with Crippen LogP contribution in [0.4, 0.5) is 13.2 Å². The lowest BCUT2D eigenvalue weighted by molar-refractivity contribution is -0.0500. The van der Waals surface area contributed by atoms with Crippen LogP contribution in [-0.2, 0) is 14.9 Å². The van der Waals surface area contributed by atoms with Gasteiger partial charge >= 0.3 is 21.6 Å². The Morgan fingerprint density at radius 1 is 1.26 bits per heavy atom. The van der Waals surface area contributed by atoms with Crippen molar-refractivity contribution >= 4 is 16.1 Å². The first-order valence-corrected chi connectivity index (χ1v) is 8.68. The van der Waals surface area contributed by atoms with Crippen molar-refractivity contribution in [2.45, 2.75) is 12.4 Å². The second kappa shape index (κ2) is 7.63. The predicted octanol–water partition coefficient (Wildman–Crippen LogP) is 3.03. The fourth-order valence-corrected chi connectivity index (χ4v) is 2.42. The molecule has 0 amide bonds. The van der Waals surface area contributed by atoms with E-state index in [1.807, 2.05) is 0 Å². The van der Waals surface area contributed by atoms with E-state index >= 15 is 0 Å². The summed E-state index contributed by atoms with van der Waals surface area (Å²) in [5.74, 6) is -1.38. The number of pyridine rings is 1. The molecule has 0 atom stereocenters. The van der Waals surface area contributed by atoms with Crippen LogP contribution in [0.5, 0.6) is 5.75 Å². The third kappa shape index (κ3) is 4.53. The van der Waals surface area contributed by atoms with Crippen LogP contribution in [0.15, 0.2) is 36.5 Å². The van der Waals surface area contributed by atoms with Crippen molar-refractivity contribution in [2.24, 2.45) is 0 Å². The molecule has 0 unspecified atom stereocenters. The Morgan fingerprint density at radius 2 is 1.96 bits per heavy atom. The topological polar surface area (TPSA) is 106 Å². The van der Waals surface area contributed by atoms with Gasteiger partial charge in [0.05, 0.1) is 23.4 Å². The first kappa shape index (κ1) is 20.2. The van der Waals surface area contributed by atoms with E-state index < -0.39 is 32.9 Å². The second-order valence-electron chi connectivity index (χ2n) is 4.96. The van der Waals surface area contributed by atoms with E-state index in [9.17, 15) is 26.4 Å². The summed E-state index contributed by atoms with van der Waals surface area (Å²) in [5.41, 5.74) is -5.42. The number of carbonyl (C=O) groups excluding carboxylic acids is 1. The number of alkyl halides is 3. The Labute approximate surface area is 152 Å². The Balaban J connectivity index is 2.41. The van der Waals surface area contributed by atoms with E-state index in [2.05, 4.69) is 9.17 Å². The summed E-state index contributed by atoms with van der Waals surface area (Å²) in [7, 11) is -5.91. The fourth-order valence-electron chi connectivity index (χ4n) is 1.94. The number of rotatable bonds is 5. The van der Waals surface area contributed by atoms with Gasteiger partial charge < -0.3 is 8.92 Å². The summed E-state index contributed by atoms with van der Waals surface area (Å²) >= 11 is 0. The Hall–Kier alpha value is -3.13. The number of ether oxygens (including phenoxy) is 1. The van der Waals surface area contributed by atoms with Gasteiger partial charge in [0.2, 0.25) is 0 Å². The summed E-state index contributed by atoms with van der Waals surface area (Å²) in [4.78, 5) is 15.8.